The summed E-state index contributed by atoms with van der Waals surface area (Å²) >= 11 is 0. The zero-order valence-electron chi connectivity index (χ0n) is 10.5. The summed E-state index contributed by atoms with van der Waals surface area (Å²) in [6.07, 6.45) is 1.29. The van der Waals surface area contributed by atoms with Crippen molar-refractivity contribution < 1.29 is 23.8 Å². The summed E-state index contributed by atoms with van der Waals surface area (Å²) < 4.78 is 16.2. The molecule has 3 rings (SSSR count). The molecule has 1 aromatic heterocycles. The summed E-state index contributed by atoms with van der Waals surface area (Å²) in [5.41, 5.74) is -0.261. The summed E-state index contributed by atoms with van der Waals surface area (Å²) in [6.45, 7) is 0.632. The summed E-state index contributed by atoms with van der Waals surface area (Å²) in [5.74, 6) is -1.33. The lowest BCUT2D eigenvalue weighted by atomic mass is 10.2. The number of ether oxygens (including phenoxy) is 2. The van der Waals surface area contributed by atoms with E-state index in [-0.39, 0.29) is 17.3 Å². The molecular formula is C14H12O6. The monoisotopic (exact) mass is 276 g/mol. The van der Waals surface area contributed by atoms with Gasteiger partial charge in [-0.05, 0) is 18.6 Å². The Morgan fingerprint density at radius 3 is 2.95 bits per heavy atom. The van der Waals surface area contributed by atoms with Crippen molar-refractivity contribution in [1.29, 1.82) is 0 Å². The highest BCUT2D eigenvalue weighted by Gasteiger charge is 2.20. The molecule has 0 radical (unpaired) electrons. The molecule has 20 heavy (non-hydrogen) atoms. The van der Waals surface area contributed by atoms with E-state index in [0.29, 0.717) is 12.4 Å². The van der Waals surface area contributed by atoms with Gasteiger partial charge < -0.3 is 19.0 Å². The van der Waals surface area contributed by atoms with E-state index < -0.39 is 17.2 Å². The Balaban J connectivity index is 2.09. The second kappa shape index (κ2) is 4.97. The second-order valence-electron chi connectivity index (χ2n) is 4.47. The van der Waals surface area contributed by atoms with Gasteiger partial charge in [0, 0.05) is 12.5 Å². The number of hydrogen-bond acceptors (Lipinski definition) is 5. The lowest BCUT2D eigenvalue weighted by Crippen LogP contribution is -2.16. The van der Waals surface area contributed by atoms with Crippen molar-refractivity contribution >= 4 is 16.9 Å². The van der Waals surface area contributed by atoms with E-state index in [1.165, 1.54) is 6.07 Å². The fourth-order valence-corrected chi connectivity index (χ4v) is 2.16. The fraction of sp³-hybridized carbons (Fsp3) is 0.286. The number of hydrogen-bond donors (Lipinski definition) is 1. The van der Waals surface area contributed by atoms with Crippen molar-refractivity contribution in [2.24, 2.45) is 0 Å². The molecule has 1 fully saturated rings. The lowest BCUT2D eigenvalue weighted by Gasteiger charge is -2.13. The first-order chi connectivity index (χ1) is 9.65. The van der Waals surface area contributed by atoms with Gasteiger partial charge in [-0.15, -0.1) is 0 Å². The van der Waals surface area contributed by atoms with Crippen LogP contribution in [-0.4, -0.2) is 24.0 Å². The van der Waals surface area contributed by atoms with Gasteiger partial charge in [0.15, 0.2) is 11.7 Å². The molecular weight excluding hydrogens is 264 g/mol. The maximum Gasteiger partial charge on any atom is 0.371 e. The van der Waals surface area contributed by atoms with Crippen molar-refractivity contribution in [1.82, 2.24) is 0 Å². The molecule has 0 spiro atoms. The smallest absolute Gasteiger partial charge is 0.371 e. The minimum atomic E-state index is -1.28. The summed E-state index contributed by atoms with van der Waals surface area (Å²) in [6, 6.07) is 5.77. The van der Waals surface area contributed by atoms with Gasteiger partial charge >= 0.3 is 5.97 Å². The Morgan fingerprint density at radius 1 is 1.40 bits per heavy atom. The molecule has 6 nitrogen and oxygen atoms in total. The number of carboxylic acid groups (broad SMARTS) is 1. The van der Waals surface area contributed by atoms with Crippen LogP contribution < -0.4 is 10.2 Å². The average molecular weight is 276 g/mol. The van der Waals surface area contributed by atoms with Crippen LogP contribution >= 0.6 is 0 Å². The van der Waals surface area contributed by atoms with Gasteiger partial charge in [-0.1, -0.05) is 6.07 Å². The van der Waals surface area contributed by atoms with Crippen LogP contribution in [0.3, 0.4) is 0 Å². The first-order valence-electron chi connectivity index (χ1n) is 6.23. The minimum Gasteiger partial charge on any atom is -0.475 e. The molecule has 104 valence electrons. The van der Waals surface area contributed by atoms with Crippen molar-refractivity contribution in [2.45, 2.75) is 19.1 Å². The van der Waals surface area contributed by atoms with Crippen LogP contribution in [0.4, 0.5) is 0 Å². The third-order valence-electron chi connectivity index (χ3n) is 3.07. The zero-order valence-corrected chi connectivity index (χ0v) is 10.5. The van der Waals surface area contributed by atoms with Crippen LogP contribution in [0.2, 0.25) is 0 Å². The van der Waals surface area contributed by atoms with Gasteiger partial charge in [0.25, 0.3) is 0 Å². The standard InChI is InChI=1S/C14H12O6/c15-8-7-11(14(16)17)19-9-3-1-4-10(13(8)9)20-12-5-2-6-18-12/h1,3-4,7,12H,2,5-6H2,(H,16,17). The lowest BCUT2D eigenvalue weighted by molar-refractivity contribution is -0.0381. The molecule has 6 heteroatoms. The fourth-order valence-electron chi connectivity index (χ4n) is 2.16. The van der Waals surface area contributed by atoms with Gasteiger partial charge in [-0.25, -0.2) is 4.79 Å². The van der Waals surface area contributed by atoms with E-state index >= 15 is 0 Å². The van der Waals surface area contributed by atoms with Gasteiger partial charge in [-0.3, -0.25) is 4.79 Å². The van der Waals surface area contributed by atoms with Crippen molar-refractivity contribution in [3.8, 4) is 5.75 Å². The van der Waals surface area contributed by atoms with Crippen LogP contribution in [0, 0.1) is 0 Å². The largest absolute Gasteiger partial charge is 0.475 e. The highest BCUT2D eigenvalue weighted by Crippen LogP contribution is 2.26. The number of carboxylic acids is 1. The molecule has 1 aliphatic heterocycles. The van der Waals surface area contributed by atoms with Crippen molar-refractivity contribution in [3.63, 3.8) is 0 Å². The highest BCUT2D eigenvalue weighted by molar-refractivity contribution is 5.89. The normalized spacial score (nSPS) is 18.3. The Kier molecular flexibility index (Phi) is 3.15. The molecule has 1 aromatic carbocycles. The summed E-state index contributed by atoms with van der Waals surface area (Å²) in [7, 11) is 0. The summed E-state index contributed by atoms with van der Waals surface area (Å²) in [5, 5.41) is 9.11. The number of rotatable bonds is 3. The quantitative estimate of drug-likeness (QED) is 0.922. The van der Waals surface area contributed by atoms with Gasteiger partial charge in [0.2, 0.25) is 5.76 Å². The van der Waals surface area contributed by atoms with Crippen LogP contribution in [0.1, 0.15) is 23.4 Å². The Hall–Kier alpha value is -2.34. The van der Waals surface area contributed by atoms with Crippen LogP contribution in [0.25, 0.3) is 11.0 Å². The maximum atomic E-state index is 12.1. The van der Waals surface area contributed by atoms with E-state index in [1.54, 1.807) is 12.1 Å². The Morgan fingerprint density at radius 2 is 2.25 bits per heavy atom. The predicted molar refractivity (Wildman–Crippen MR) is 69.0 cm³/mol. The maximum absolute atomic E-state index is 12.1. The number of aromatic carboxylic acids is 1. The second-order valence-corrected chi connectivity index (χ2v) is 4.47. The van der Waals surface area contributed by atoms with Crippen LogP contribution in [0.15, 0.2) is 33.5 Å². The van der Waals surface area contributed by atoms with E-state index in [4.69, 9.17) is 19.0 Å². The number of carbonyl (C=O) groups is 1. The van der Waals surface area contributed by atoms with Gasteiger partial charge in [-0.2, -0.15) is 0 Å². The third kappa shape index (κ3) is 2.25. The molecule has 1 unspecified atom stereocenters. The van der Waals surface area contributed by atoms with Gasteiger partial charge in [0.05, 0.1) is 6.61 Å². The molecule has 0 aliphatic carbocycles. The van der Waals surface area contributed by atoms with E-state index in [9.17, 15) is 9.59 Å². The first kappa shape index (κ1) is 12.7. The number of benzene rings is 1. The Bertz CT molecular complexity index is 711. The zero-order chi connectivity index (χ0) is 14.1. The SMILES string of the molecule is O=C(O)c1cc(=O)c2c(OC3CCCO3)cccc2o1. The highest BCUT2D eigenvalue weighted by atomic mass is 16.7. The Labute approximate surface area is 113 Å². The van der Waals surface area contributed by atoms with Crippen LogP contribution in [0.5, 0.6) is 5.75 Å². The van der Waals surface area contributed by atoms with E-state index in [1.807, 2.05) is 0 Å². The molecule has 2 aromatic rings. The first-order valence-corrected chi connectivity index (χ1v) is 6.23. The molecule has 0 amide bonds. The topological polar surface area (TPSA) is 86.0 Å². The van der Waals surface area contributed by atoms with Crippen molar-refractivity contribution in [3.05, 3.63) is 40.2 Å². The minimum absolute atomic E-state index is 0.186. The van der Waals surface area contributed by atoms with E-state index in [0.717, 1.165) is 18.9 Å². The van der Waals surface area contributed by atoms with Crippen molar-refractivity contribution in [2.75, 3.05) is 6.61 Å². The summed E-state index contributed by atoms with van der Waals surface area (Å²) in [4.78, 5) is 22.9. The molecule has 2 heterocycles. The molecule has 0 bridgehead atoms. The number of fused-ring (bicyclic) bond motifs is 1. The van der Waals surface area contributed by atoms with Crippen LogP contribution in [-0.2, 0) is 4.74 Å². The predicted octanol–water partition coefficient (Wildman–Crippen LogP) is 2.01. The molecule has 1 atom stereocenters. The molecule has 0 saturated carbocycles. The molecule has 1 N–H and O–H groups in total. The average Bonchev–Trinajstić information content (AvgIpc) is 2.91. The third-order valence-corrected chi connectivity index (χ3v) is 3.07. The molecule has 1 saturated heterocycles. The van der Waals surface area contributed by atoms with Gasteiger partial charge in [0.1, 0.15) is 16.7 Å². The van der Waals surface area contributed by atoms with E-state index in [2.05, 4.69) is 0 Å². The molecule has 1 aliphatic rings.